The molecule has 2 atom stereocenters. The van der Waals surface area contributed by atoms with Gasteiger partial charge in [0.05, 0.1) is 19.0 Å². The molecule has 0 unspecified atom stereocenters. The van der Waals surface area contributed by atoms with Crippen LogP contribution in [0.15, 0.2) is 11.1 Å². The highest BCUT2D eigenvalue weighted by Gasteiger charge is 2.23. The predicted molar refractivity (Wildman–Crippen MR) is 175 cm³/mol. The summed E-state index contributed by atoms with van der Waals surface area (Å²) in [6.07, 6.45) is 22.2. The van der Waals surface area contributed by atoms with Crippen LogP contribution in [0.25, 0.3) is 11.2 Å². The van der Waals surface area contributed by atoms with Crippen LogP contribution < -0.4 is 17.0 Å². The molecule has 2 aromatic heterocycles. The van der Waals surface area contributed by atoms with Crippen LogP contribution in [-0.2, 0) is 19.1 Å². The molecule has 0 aliphatic carbocycles. The van der Waals surface area contributed by atoms with Crippen molar-refractivity contribution >= 4 is 29.1 Å². The number of esters is 2. The van der Waals surface area contributed by atoms with Crippen LogP contribution in [0.4, 0.5) is 5.95 Å². The summed E-state index contributed by atoms with van der Waals surface area (Å²) >= 11 is 0. The van der Waals surface area contributed by atoms with Crippen molar-refractivity contribution in [2.75, 3.05) is 18.9 Å². The zero-order chi connectivity index (χ0) is 32.2. The predicted octanol–water partition coefficient (Wildman–Crippen LogP) is 6.35. The number of nitrogens with two attached hydrogens (primary N) is 2. The molecule has 0 aromatic carbocycles. The van der Waals surface area contributed by atoms with Crippen LogP contribution in [-0.4, -0.2) is 50.7 Å². The molecule has 250 valence electrons. The smallest absolute Gasteiger partial charge is 0.323 e. The monoisotopic (exact) mass is 618 g/mol. The number of nitrogens with zero attached hydrogens (tertiary/aromatic N) is 3. The lowest BCUT2D eigenvalue weighted by atomic mass is 10.0. The maximum atomic E-state index is 12.4. The Kier molecular flexibility index (Phi) is 18.4. The number of carbonyl (C=O) groups is 2. The highest BCUT2D eigenvalue weighted by Crippen LogP contribution is 2.21. The van der Waals surface area contributed by atoms with E-state index in [4.69, 9.17) is 20.9 Å². The van der Waals surface area contributed by atoms with Crippen molar-refractivity contribution in [3.63, 3.8) is 0 Å². The van der Waals surface area contributed by atoms with Crippen molar-refractivity contribution in [3.8, 4) is 0 Å². The zero-order valence-electron chi connectivity index (χ0n) is 27.5. The van der Waals surface area contributed by atoms with E-state index in [0.29, 0.717) is 24.9 Å². The number of fused-ring (bicyclic) bond motifs is 1. The molecule has 0 saturated heterocycles. The minimum absolute atomic E-state index is 0.00612. The third kappa shape index (κ3) is 14.2. The Hall–Kier alpha value is -2.95. The fraction of sp³-hybridized carbons (Fsp3) is 0.788. The van der Waals surface area contributed by atoms with Crippen molar-refractivity contribution in [3.05, 3.63) is 16.7 Å². The van der Waals surface area contributed by atoms with Gasteiger partial charge in [-0.25, -0.2) is 4.98 Å². The summed E-state index contributed by atoms with van der Waals surface area (Å²) in [6, 6.07) is -1.14. The van der Waals surface area contributed by atoms with Gasteiger partial charge in [-0.15, -0.1) is 0 Å². The van der Waals surface area contributed by atoms with Crippen molar-refractivity contribution in [1.29, 1.82) is 0 Å². The van der Waals surface area contributed by atoms with Crippen LogP contribution >= 0.6 is 0 Å². The first-order valence-electron chi connectivity index (χ1n) is 17.0. The number of rotatable bonds is 25. The number of H-pyrrole nitrogens is 1. The molecule has 0 fully saturated rings. The Balaban J connectivity index is 1.64. The maximum absolute atomic E-state index is 12.4. The van der Waals surface area contributed by atoms with Gasteiger partial charge in [0.15, 0.2) is 11.2 Å². The third-order valence-corrected chi connectivity index (χ3v) is 8.18. The number of hydrogen-bond donors (Lipinski definition) is 3. The molecular formula is C33H58N6O5. The number of ether oxygens (including phenoxy) is 2. The Morgan fingerprint density at radius 3 is 2.02 bits per heavy atom. The number of hydrogen-bond acceptors (Lipinski definition) is 9. The molecular weight excluding hydrogens is 560 g/mol. The van der Waals surface area contributed by atoms with Gasteiger partial charge in [0, 0.05) is 6.42 Å². The van der Waals surface area contributed by atoms with E-state index in [1.807, 2.05) is 13.8 Å². The molecule has 0 spiro atoms. The summed E-state index contributed by atoms with van der Waals surface area (Å²) in [5, 5.41) is 0. The van der Waals surface area contributed by atoms with Gasteiger partial charge in [0.25, 0.3) is 5.56 Å². The molecule has 0 amide bonds. The third-order valence-electron chi connectivity index (χ3n) is 8.18. The molecule has 2 heterocycles. The van der Waals surface area contributed by atoms with Crippen molar-refractivity contribution in [2.24, 2.45) is 11.7 Å². The highest BCUT2D eigenvalue weighted by molar-refractivity contribution is 5.76. The topological polar surface area (TPSA) is 168 Å². The Morgan fingerprint density at radius 2 is 1.45 bits per heavy atom. The molecule has 0 aliphatic rings. The molecule has 11 heteroatoms. The lowest BCUT2D eigenvalue weighted by molar-refractivity contribution is -0.147. The van der Waals surface area contributed by atoms with E-state index in [2.05, 4.69) is 21.9 Å². The van der Waals surface area contributed by atoms with E-state index in [9.17, 15) is 14.4 Å². The fourth-order valence-corrected chi connectivity index (χ4v) is 5.28. The first-order valence-corrected chi connectivity index (χ1v) is 17.0. The lowest BCUT2D eigenvalue weighted by Crippen LogP contribution is -2.38. The average molecular weight is 619 g/mol. The van der Waals surface area contributed by atoms with Gasteiger partial charge in [-0.3, -0.25) is 19.4 Å². The second-order valence-corrected chi connectivity index (χ2v) is 12.4. The SMILES string of the molecule is CCCCCCCCCCCCCCCCCC(=O)OCCC[C@H](COC(=O)[C@@H](N)C(C)C)n1cnc2c(=O)[nH]c(N)nc21. The molecule has 2 rings (SSSR count). The first-order chi connectivity index (χ1) is 21.2. The second-order valence-electron chi connectivity index (χ2n) is 12.4. The van der Waals surface area contributed by atoms with E-state index >= 15 is 0 Å². The van der Waals surface area contributed by atoms with E-state index in [1.54, 1.807) is 4.57 Å². The van der Waals surface area contributed by atoms with Crippen LogP contribution in [0.3, 0.4) is 0 Å². The Labute approximate surface area is 263 Å². The number of anilines is 1. The number of carbonyl (C=O) groups excluding carboxylic acids is 2. The first kappa shape index (κ1) is 37.2. The zero-order valence-corrected chi connectivity index (χ0v) is 27.5. The van der Waals surface area contributed by atoms with E-state index < -0.39 is 23.6 Å². The molecule has 0 radical (unpaired) electrons. The Morgan fingerprint density at radius 1 is 0.886 bits per heavy atom. The standard InChI is InChI=1S/C33H58N6O5/c1-4-5-6-7-8-9-10-11-12-13-14-15-16-17-18-21-27(40)43-22-19-20-26(23-44-32(42)28(34)25(2)3)39-24-36-29-30(39)37-33(35)38-31(29)41/h24-26,28H,4-23,34H2,1-3H3,(H3,35,37,38,41)/t26-,28+/m1/s1. The largest absolute Gasteiger partial charge is 0.466 e. The number of aromatic amines is 1. The molecule has 0 bridgehead atoms. The molecule has 0 aliphatic heterocycles. The van der Waals surface area contributed by atoms with Gasteiger partial charge < -0.3 is 25.5 Å². The van der Waals surface area contributed by atoms with Gasteiger partial charge in [-0.05, 0) is 25.2 Å². The minimum Gasteiger partial charge on any atom is -0.466 e. The lowest BCUT2D eigenvalue weighted by Gasteiger charge is -2.21. The summed E-state index contributed by atoms with van der Waals surface area (Å²) < 4.78 is 12.7. The van der Waals surface area contributed by atoms with Crippen LogP contribution in [0.1, 0.15) is 142 Å². The van der Waals surface area contributed by atoms with Crippen molar-refractivity contribution < 1.29 is 19.1 Å². The van der Waals surface area contributed by atoms with Crippen LogP contribution in [0, 0.1) is 5.92 Å². The van der Waals surface area contributed by atoms with Crippen LogP contribution in [0.5, 0.6) is 0 Å². The molecule has 2 aromatic rings. The summed E-state index contributed by atoms with van der Waals surface area (Å²) in [7, 11) is 0. The summed E-state index contributed by atoms with van der Waals surface area (Å²) in [4.78, 5) is 47.7. The van der Waals surface area contributed by atoms with E-state index in [0.717, 1.165) is 19.3 Å². The molecule has 11 nitrogen and oxygen atoms in total. The summed E-state index contributed by atoms with van der Waals surface area (Å²) in [5.74, 6) is -0.803. The summed E-state index contributed by atoms with van der Waals surface area (Å²) in [5.41, 5.74) is 11.7. The van der Waals surface area contributed by atoms with E-state index in [1.165, 1.54) is 83.4 Å². The fourth-order valence-electron chi connectivity index (χ4n) is 5.28. The minimum atomic E-state index is -0.743. The van der Waals surface area contributed by atoms with Crippen molar-refractivity contribution in [2.45, 2.75) is 148 Å². The second kappa shape index (κ2) is 21.7. The van der Waals surface area contributed by atoms with Crippen LogP contribution in [0.2, 0.25) is 0 Å². The quantitative estimate of drug-likeness (QED) is 0.0847. The Bertz CT molecular complexity index is 1150. The van der Waals surface area contributed by atoms with Crippen molar-refractivity contribution in [1.82, 2.24) is 19.5 Å². The van der Waals surface area contributed by atoms with Gasteiger partial charge in [0.1, 0.15) is 12.6 Å². The normalized spacial score (nSPS) is 12.9. The highest BCUT2D eigenvalue weighted by atomic mass is 16.5. The van der Waals surface area contributed by atoms with Gasteiger partial charge in [0.2, 0.25) is 5.95 Å². The molecule has 44 heavy (non-hydrogen) atoms. The van der Waals surface area contributed by atoms with Gasteiger partial charge >= 0.3 is 11.9 Å². The number of unbranched alkanes of at least 4 members (excludes halogenated alkanes) is 14. The number of nitrogens with one attached hydrogen (secondary N) is 1. The number of aromatic nitrogens is 4. The van der Waals surface area contributed by atoms with E-state index in [-0.39, 0.29) is 36.6 Å². The summed E-state index contributed by atoms with van der Waals surface area (Å²) in [6.45, 7) is 6.21. The van der Waals surface area contributed by atoms with Gasteiger partial charge in [-0.2, -0.15) is 4.98 Å². The maximum Gasteiger partial charge on any atom is 0.323 e. The molecule has 0 saturated carbocycles. The average Bonchev–Trinajstić information content (AvgIpc) is 3.42. The number of nitrogen functional groups attached to an aromatic ring is 1. The number of imidazole rings is 1. The van der Waals surface area contributed by atoms with Gasteiger partial charge in [-0.1, -0.05) is 111 Å². The molecule has 5 N–H and O–H groups in total.